The minimum atomic E-state index is -0.115. The fourth-order valence-electron chi connectivity index (χ4n) is 3.01. The molecule has 0 aromatic heterocycles. The topological polar surface area (TPSA) is 32.7 Å². The average Bonchev–Trinajstić information content (AvgIpc) is 2.16. The first-order valence-corrected chi connectivity index (χ1v) is 6.24. The summed E-state index contributed by atoms with van der Waals surface area (Å²) in [5, 5.41) is 10.0. The summed E-state index contributed by atoms with van der Waals surface area (Å²) in [4.78, 5) is 2.43. The Labute approximate surface area is 92.4 Å². The van der Waals surface area contributed by atoms with Crippen molar-refractivity contribution in [2.24, 2.45) is 0 Å². The molecule has 15 heavy (non-hydrogen) atoms. The van der Waals surface area contributed by atoms with E-state index in [9.17, 15) is 5.11 Å². The van der Waals surface area contributed by atoms with Gasteiger partial charge in [0.05, 0.1) is 18.3 Å². The van der Waals surface area contributed by atoms with Crippen molar-refractivity contribution in [3.8, 4) is 0 Å². The largest absolute Gasteiger partial charge is 0.391 e. The maximum Gasteiger partial charge on any atom is 0.0695 e. The first kappa shape index (κ1) is 11.4. The highest BCUT2D eigenvalue weighted by atomic mass is 16.5. The first-order chi connectivity index (χ1) is 7.16. The molecule has 2 aliphatic rings. The zero-order valence-corrected chi connectivity index (χ0v) is 9.85. The van der Waals surface area contributed by atoms with E-state index in [-0.39, 0.29) is 6.10 Å². The summed E-state index contributed by atoms with van der Waals surface area (Å²) in [6, 6.07) is 0.382. The molecule has 0 aromatic carbocycles. The van der Waals surface area contributed by atoms with Crippen LogP contribution in [0.3, 0.4) is 0 Å². The Bertz CT molecular complexity index is 200. The van der Waals surface area contributed by atoms with Crippen LogP contribution < -0.4 is 0 Å². The number of nitrogens with zero attached hydrogens (tertiary/aromatic N) is 1. The standard InChI is InChI=1S/C12H23NO2/c1-9-7-13(8-10(2)15-9)11-5-3-4-6-12(11)14/h9-12,14H,3-8H2,1-2H3/t9?,10?,11-,12-/m1/s1. The monoisotopic (exact) mass is 213 g/mol. The van der Waals surface area contributed by atoms with Gasteiger partial charge in [-0.15, -0.1) is 0 Å². The lowest BCUT2D eigenvalue weighted by Gasteiger charge is -2.43. The van der Waals surface area contributed by atoms with Crippen LogP contribution in [0.2, 0.25) is 0 Å². The molecule has 1 aliphatic heterocycles. The van der Waals surface area contributed by atoms with Crippen LogP contribution >= 0.6 is 0 Å². The molecular weight excluding hydrogens is 190 g/mol. The second-order valence-corrected chi connectivity index (χ2v) is 5.13. The van der Waals surface area contributed by atoms with E-state index >= 15 is 0 Å². The van der Waals surface area contributed by atoms with Gasteiger partial charge < -0.3 is 9.84 Å². The Morgan fingerprint density at radius 2 is 1.67 bits per heavy atom. The van der Waals surface area contributed by atoms with Crippen molar-refractivity contribution in [3.05, 3.63) is 0 Å². The van der Waals surface area contributed by atoms with Gasteiger partial charge in [0, 0.05) is 19.1 Å². The van der Waals surface area contributed by atoms with Crippen molar-refractivity contribution in [3.63, 3.8) is 0 Å². The molecule has 88 valence electrons. The van der Waals surface area contributed by atoms with E-state index in [4.69, 9.17) is 4.74 Å². The summed E-state index contributed by atoms with van der Waals surface area (Å²) in [5.74, 6) is 0. The average molecular weight is 213 g/mol. The number of ether oxygens (including phenoxy) is 1. The predicted octanol–water partition coefficient (Wildman–Crippen LogP) is 1.40. The number of aliphatic hydroxyl groups excluding tert-OH is 1. The van der Waals surface area contributed by atoms with Crippen LogP contribution in [-0.4, -0.2) is 47.4 Å². The van der Waals surface area contributed by atoms with Crippen molar-refractivity contribution in [2.75, 3.05) is 13.1 Å². The summed E-state index contributed by atoms with van der Waals surface area (Å²) in [6.07, 6.45) is 5.09. The molecule has 1 aliphatic carbocycles. The van der Waals surface area contributed by atoms with Gasteiger partial charge in [-0.2, -0.15) is 0 Å². The van der Waals surface area contributed by atoms with E-state index in [0.29, 0.717) is 18.2 Å². The van der Waals surface area contributed by atoms with Gasteiger partial charge in [-0.25, -0.2) is 0 Å². The third-order valence-electron chi connectivity index (χ3n) is 3.61. The third kappa shape index (κ3) is 2.71. The van der Waals surface area contributed by atoms with E-state index in [1.165, 1.54) is 12.8 Å². The number of hydrogen-bond donors (Lipinski definition) is 1. The van der Waals surface area contributed by atoms with Gasteiger partial charge in [0.1, 0.15) is 0 Å². The molecule has 0 bridgehead atoms. The normalized spacial score (nSPS) is 44.2. The van der Waals surface area contributed by atoms with Gasteiger partial charge in [-0.05, 0) is 26.7 Å². The molecule has 1 N–H and O–H groups in total. The van der Waals surface area contributed by atoms with Crippen molar-refractivity contribution in [1.29, 1.82) is 0 Å². The summed E-state index contributed by atoms with van der Waals surface area (Å²) in [7, 11) is 0. The summed E-state index contributed by atoms with van der Waals surface area (Å²) in [6.45, 7) is 6.20. The minimum Gasteiger partial charge on any atom is -0.391 e. The Kier molecular flexibility index (Phi) is 3.65. The molecule has 4 atom stereocenters. The van der Waals surface area contributed by atoms with Crippen molar-refractivity contribution in [2.45, 2.75) is 63.9 Å². The molecule has 2 rings (SSSR count). The van der Waals surface area contributed by atoms with Gasteiger partial charge in [0.25, 0.3) is 0 Å². The Morgan fingerprint density at radius 1 is 1.07 bits per heavy atom. The smallest absolute Gasteiger partial charge is 0.0695 e. The molecule has 0 spiro atoms. The lowest BCUT2D eigenvalue weighted by atomic mass is 9.90. The highest BCUT2D eigenvalue weighted by Gasteiger charge is 2.33. The SMILES string of the molecule is CC1CN([C@@H]2CCCC[C@H]2O)CC(C)O1. The molecule has 1 saturated heterocycles. The van der Waals surface area contributed by atoms with Crippen molar-refractivity contribution in [1.82, 2.24) is 4.90 Å². The van der Waals surface area contributed by atoms with E-state index in [0.717, 1.165) is 25.9 Å². The van der Waals surface area contributed by atoms with Gasteiger partial charge in [-0.1, -0.05) is 12.8 Å². The number of rotatable bonds is 1. The van der Waals surface area contributed by atoms with E-state index < -0.39 is 0 Å². The summed E-state index contributed by atoms with van der Waals surface area (Å²) >= 11 is 0. The number of hydrogen-bond acceptors (Lipinski definition) is 3. The molecule has 1 heterocycles. The third-order valence-corrected chi connectivity index (χ3v) is 3.61. The van der Waals surface area contributed by atoms with E-state index in [2.05, 4.69) is 18.7 Å². The van der Waals surface area contributed by atoms with Gasteiger partial charge in [0.15, 0.2) is 0 Å². The highest BCUT2D eigenvalue weighted by Crippen LogP contribution is 2.25. The molecule has 3 nitrogen and oxygen atoms in total. The summed E-state index contributed by atoms with van der Waals surface area (Å²) < 4.78 is 5.72. The zero-order chi connectivity index (χ0) is 10.8. The van der Waals surface area contributed by atoms with Crippen molar-refractivity contribution >= 4 is 0 Å². The van der Waals surface area contributed by atoms with Crippen LogP contribution in [0.4, 0.5) is 0 Å². The molecule has 3 heteroatoms. The Hall–Kier alpha value is -0.120. The van der Waals surface area contributed by atoms with Crippen LogP contribution in [0.1, 0.15) is 39.5 Å². The van der Waals surface area contributed by atoms with Crippen LogP contribution in [0.25, 0.3) is 0 Å². The number of aliphatic hydroxyl groups is 1. The molecule has 0 radical (unpaired) electrons. The maximum atomic E-state index is 10.0. The Balaban J connectivity index is 1.95. The van der Waals surface area contributed by atoms with Crippen LogP contribution in [0, 0.1) is 0 Å². The molecule has 0 aromatic rings. The Morgan fingerprint density at radius 3 is 2.27 bits per heavy atom. The fourth-order valence-corrected chi connectivity index (χ4v) is 3.01. The lowest BCUT2D eigenvalue weighted by Crippen LogP contribution is -2.54. The van der Waals surface area contributed by atoms with Crippen molar-refractivity contribution < 1.29 is 9.84 Å². The highest BCUT2D eigenvalue weighted by molar-refractivity contribution is 4.86. The van der Waals surface area contributed by atoms with E-state index in [1.54, 1.807) is 0 Å². The molecule has 2 fully saturated rings. The zero-order valence-electron chi connectivity index (χ0n) is 9.85. The molecular formula is C12H23NO2. The minimum absolute atomic E-state index is 0.115. The second kappa shape index (κ2) is 4.81. The fraction of sp³-hybridized carbons (Fsp3) is 1.00. The molecule has 1 saturated carbocycles. The van der Waals surface area contributed by atoms with Crippen LogP contribution in [0.5, 0.6) is 0 Å². The quantitative estimate of drug-likeness (QED) is 0.714. The lowest BCUT2D eigenvalue weighted by molar-refractivity contribution is -0.102. The van der Waals surface area contributed by atoms with Crippen LogP contribution in [-0.2, 0) is 4.74 Å². The van der Waals surface area contributed by atoms with Crippen LogP contribution in [0.15, 0.2) is 0 Å². The predicted molar refractivity (Wildman–Crippen MR) is 59.8 cm³/mol. The van der Waals surface area contributed by atoms with Gasteiger partial charge in [0.2, 0.25) is 0 Å². The molecule has 0 amide bonds. The molecule has 2 unspecified atom stereocenters. The summed E-state index contributed by atoms with van der Waals surface area (Å²) in [5.41, 5.74) is 0. The van der Waals surface area contributed by atoms with Gasteiger partial charge in [-0.3, -0.25) is 4.90 Å². The number of morpholine rings is 1. The van der Waals surface area contributed by atoms with Gasteiger partial charge >= 0.3 is 0 Å². The second-order valence-electron chi connectivity index (χ2n) is 5.13. The first-order valence-electron chi connectivity index (χ1n) is 6.24. The maximum absolute atomic E-state index is 10.0. The van der Waals surface area contributed by atoms with E-state index in [1.807, 2.05) is 0 Å².